The number of phosphoric ester groups is 2. The second-order valence-electron chi connectivity index (χ2n) is 26.1. The van der Waals surface area contributed by atoms with Crippen LogP contribution in [0, 0.1) is 5.92 Å². The van der Waals surface area contributed by atoms with Gasteiger partial charge in [0.25, 0.3) is 0 Å². The Hall–Kier alpha value is -1.94. The van der Waals surface area contributed by atoms with Gasteiger partial charge in [-0.1, -0.05) is 317 Å². The van der Waals surface area contributed by atoms with E-state index < -0.39 is 97.5 Å². The molecular weight excluding hydrogens is 1190 g/mol. The Morgan fingerprint density at radius 3 is 0.756 bits per heavy atom. The molecule has 0 saturated carbocycles. The lowest BCUT2D eigenvalue weighted by Gasteiger charge is -2.21. The summed E-state index contributed by atoms with van der Waals surface area (Å²) >= 11 is 0. The maximum Gasteiger partial charge on any atom is 0.472 e. The van der Waals surface area contributed by atoms with Crippen molar-refractivity contribution < 1.29 is 80.2 Å². The van der Waals surface area contributed by atoms with Crippen molar-refractivity contribution >= 4 is 39.5 Å². The first kappa shape index (κ1) is 88.1. The quantitative estimate of drug-likeness (QED) is 0.0222. The Morgan fingerprint density at radius 1 is 0.300 bits per heavy atom. The second-order valence-corrected chi connectivity index (χ2v) is 29.0. The highest BCUT2D eigenvalue weighted by Gasteiger charge is 2.30. The van der Waals surface area contributed by atoms with Crippen LogP contribution >= 0.6 is 15.6 Å². The number of aliphatic hydroxyl groups excluding tert-OH is 1. The van der Waals surface area contributed by atoms with E-state index >= 15 is 0 Å². The molecule has 0 amide bonds. The maximum absolute atomic E-state index is 13.0. The third-order valence-electron chi connectivity index (χ3n) is 16.5. The van der Waals surface area contributed by atoms with Crippen LogP contribution in [-0.4, -0.2) is 96.7 Å². The van der Waals surface area contributed by atoms with E-state index in [2.05, 4.69) is 34.6 Å². The molecule has 534 valence electrons. The van der Waals surface area contributed by atoms with Crippen LogP contribution in [0.4, 0.5) is 0 Å². The van der Waals surface area contributed by atoms with Crippen LogP contribution in [0.2, 0.25) is 0 Å². The van der Waals surface area contributed by atoms with Gasteiger partial charge in [-0.05, 0) is 31.6 Å². The average molecular weight is 1330 g/mol. The van der Waals surface area contributed by atoms with Crippen LogP contribution in [0.1, 0.15) is 369 Å². The Morgan fingerprint density at radius 2 is 0.511 bits per heavy atom. The average Bonchev–Trinajstić information content (AvgIpc) is 3.73. The number of carbonyl (C=O) groups is 4. The van der Waals surface area contributed by atoms with Gasteiger partial charge in [-0.3, -0.25) is 37.3 Å². The summed E-state index contributed by atoms with van der Waals surface area (Å²) in [6.45, 7) is 7.15. The maximum atomic E-state index is 13.0. The Kier molecular flexibility index (Phi) is 63.0. The number of ether oxygens (including phenoxy) is 4. The lowest BCUT2D eigenvalue weighted by Crippen LogP contribution is -2.30. The fourth-order valence-electron chi connectivity index (χ4n) is 10.8. The van der Waals surface area contributed by atoms with Gasteiger partial charge in [0.15, 0.2) is 12.2 Å². The number of hydrogen-bond acceptors (Lipinski definition) is 15. The molecule has 90 heavy (non-hydrogen) atoms. The van der Waals surface area contributed by atoms with Crippen LogP contribution in [0.5, 0.6) is 0 Å². The Bertz CT molecular complexity index is 1740. The zero-order valence-corrected chi connectivity index (χ0v) is 60.1. The number of unbranched alkanes of at least 4 members (excludes halogenated alkanes) is 43. The summed E-state index contributed by atoms with van der Waals surface area (Å²) in [6.07, 6.45) is 51.6. The monoisotopic (exact) mass is 1320 g/mol. The zero-order chi connectivity index (χ0) is 66.3. The Balaban J connectivity index is 5.18. The zero-order valence-electron chi connectivity index (χ0n) is 58.3. The van der Waals surface area contributed by atoms with E-state index in [1.54, 1.807) is 0 Å². The van der Waals surface area contributed by atoms with Crippen molar-refractivity contribution in [2.45, 2.75) is 387 Å². The molecule has 17 nitrogen and oxygen atoms in total. The molecular formula is C71H138O17P2. The van der Waals surface area contributed by atoms with Crippen molar-refractivity contribution in [2.75, 3.05) is 39.6 Å². The highest BCUT2D eigenvalue weighted by atomic mass is 31.2. The van der Waals surface area contributed by atoms with Crippen LogP contribution < -0.4 is 0 Å². The van der Waals surface area contributed by atoms with Crippen molar-refractivity contribution in [3.63, 3.8) is 0 Å². The molecule has 3 N–H and O–H groups in total. The third kappa shape index (κ3) is 64.8. The van der Waals surface area contributed by atoms with Gasteiger partial charge in [0, 0.05) is 25.7 Å². The number of phosphoric acid groups is 2. The normalized spacial score (nSPS) is 14.1. The van der Waals surface area contributed by atoms with Crippen molar-refractivity contribution in [3.05, 3.63) is 0 Å². The highest BCUT2D eigenvalue weighted by molar-refractivity contribution is 7.47. The molecule has 0 fully saturated rings. The molecule has 2 unspecified atom stereocenters. The molecule has 0 heterocycles. The number of hydrogen-bond donors (Lipinski definition) is 3. The van der Waals surface area contributed by atoms with Gasteiger partial charge in [0.2, 0.25) is 0 Å². The summed E-state index contributed by atoms with van der Waals surface area (Å²) in [5.74, 6) is -1.43. The lowest BCUT2D eigenvalue weighted by molar-refractivity contribution is -0.161. The third-order valence-corrected chi connectivity index (χ3v) is 18.4. The van der Waals surface area contributed by atoms with Crippen molar-refractivity contribution in [1.29, 1.82) is 0 Å². The number of esters is 4. The standard InChI is InChI=1S/C71H138O17P2/c1-6-9-12-15-18-20-22-24-26-27-28-30-32-34-36-41-46-51-56-70(75)87-67(61-82-69(74)55-50-45-40-35-33-31-29-25-23-21-19-16-13-10-7-2)63-86-90(79,80)84-59-65(72)58-83-89(77,78)85-62-66(60-81-68(73)54-49-44-38-17-14-11-8-3)88-71(76)57-52-47-42-37-39-43-48-53-64(4)5/h64-67,72H,6-63H2,1-5H3,(H,77,78)(H,79,80)/t65-,66+,67+/m0/s1. The molecule has 0 aromatic carbocycles. The second kappa shape index (κ2) is 64.4. The summed E-state index contributed by atoms with van der Waals surface area (Å²) in [7, 11) is -9.89. The van der Waals surface area contributed by atoms with Gasteiger partial charge in [-0.15, -0.1) is 0 Å². The van der Waals surface area contributed by atoms with Crippen LogP contribution in [0.15, 0.2) is 0 Å². The molecule has 0 rings (SSSR count). The van der Waals surface area contributed by atoms with Gasteiger partial charge < -0.3 is 33.8 Å². The van der Waals surface area contributed by atoms with Crippen molar-refractivity contribution in [2.24, 2.45) is 5.92 Å². The predicted octanol–water partition coefficient (Wildman–Crippen LogP) is 20.5. The molecule has 0 aromatic heterocycles. The van der Waals surface area contributed by atoms with E-state index in [-0.39, 0.29) is 25.7 Å². The van der Waals surface area contributed by atoms with Gasteiger partial charge in [-0.25, -0.2) is 9.13 Å². The van der Waals surface area contributed by atoms with E-state index in [1.807, 2.05) is 0 Å². The minimum absolute atomic E-state index is 0.103. The summed E-state index contributed by atoms with van der Waals surface area (Å²) in [4.78, 5) is 72.4. The minimum Gasteiger partial charge on any atom is -0.462 e. The minimum atomic E-state index is -4.95. The van der Waals surface area contributed by atoms with E-state index in [9.17, 15) is 43.2 Å². The topological polar surface area (TPSA) is 237 Å². The molecule has 0 aliphatic carbocycles. The summed E-state index contributed by atoms with van der Waals surface area (Å²) in [6, 6.07) is 0. The fourth-order valence-corrected chi connectivity index (χ4v) is 12.4. The van der Waals surface area contributed by atoms with Crippen LogP contribution in [0.3, 0.4) is 0 Å². The molecule has 0 aromatic rings. The van der Waals surface area contributed by atoms with Crippen molar-refractivity contribution in [3.8, 4) is 0 Å². The lowest BCUT2D eigenvalue weighted by atomic mass is 10.0. The van der Waals surface area contributed by atoms with E-state index in [4.69, 9.17) is 37.0 Å². The number of rotatable bonds is 71. The van der Waals surface area contributed by atoms with Gasteiger partial charge in [0.05, 0.1) is 26.4 Å². The SMILES string of the molecule is CCCCCCCCCCCCCCCCCCCCC(=O)O[C@H](COC(=O)CCCCCCCCCCCCCCCCC)COP(=O)(O)OC[C@@H](O)COP(=O)(O)OC[C@@H](COC(=O)CCCCCCCCC)OC(=O)CCCCCCCCCC(C)C. The van der Waals surface area contributed by atoms with Crippen molar-refractivity contribution in [1.82, 2.24) is 0 Å². The van der Waals surface area contributed by atoms with E-state index in [1.165, 1.54) is 180 Å². The first-order valence-electron chi connectivity index (χ1n) is 37.1. The van der Waals surface area contributed by atoms with E-state index in [0.717, 1.165) is 103 Å². The molecule has 0 aliphatic rings. The van der Waals surface area contributed by atoms with Gasteiger partial charge in [-0.2, -0.15) is 0 Å². The van der Waals surface area contributed by atoms with Gasteiger partial charge >= 0.3 is 39.5 Å². The largest absolute Gasteiger partial charge is 0.472 e. The smallest absolute Gasteiger partial charge is 0.462 e. The molecule has 0 spiro atoms. The predicted molar refractivity (Wildman–Crippen MR) is 363 cm³/mol. The first-order valence-corrected chi connectivity index (χ1v) is 40.1. The van der Waals surface area contributed by atoms with Crippen LogP contribution in [0.25, 0.3) is 0 Å². The van der Waals surface area contributed by atoms with Crippen LogP contribution in [-0.2, 0) is 65.4 Å². The number of aliphatic hydroxyl groups is 1. The number of carbonyl (C=O) groups excluding carboxylic acids is 4. The molecule has 0 aliphatic heterocycles. The molecule has 19 heteroatoms. The van der Waals surface area contributed by atoms with E-state index in [0.29, 0.717) is 31.6 Å². The Labute approximate surface area is 549 Å². The summed E-state index contributed by atoms with van der Waals surface area (Å²) in [5.41, 5.74) is 0. The highest BCUT2D eigenvalue weighted by Crippen LogP contribution is 2.45. The molecule has 0 saturated heterocycles. The summed E-state index contributed by atoms with van der Waals surface area (Å²) in [5, 5.41) is 10.6. The molecule has 5 atom stereocenters. The van der Waals surface area contributed by atoms with Gasteiger partial charge in [0.1, 0.15) is 19.3 Å². The first-order chi connectivity index (χ1) is 43.5. The summed E-state index contributed by atoms with van der Waals surface area (Å²) < 4.78 is 68.2. The molecule has 0 radical (unpaired) electrons. The fraction of sp³-hybridized carbons (Fsp3) is 0.944. The molecule has 0 bridgehead atoms.